The quantitative estimate of drug-likeness (QED) is 0.294. The van der Waals surface area contributed by atoms with Crippen LogP contribution in [0.15, 0.2) is 46.7 Å². The van der Waals surface area contributed by atoms with Crippen molar-refractivity contribution in [3.05, 3.63) is 53.0 Å². The molecule has 0 spiro atoms. The first-order valence-electron chi connectivity index (χ1n) is 12.5. The fourth-order valence-corrected chi connectivity index (χ4v) is 5.87. The van der Waals surface area contributed by atoms with Gasteiger partial charge in [-0.25, -0.2) is 13.4 Å². The molecule has 1 saturated heterocycles. The molecule has 0 aliphatic carbocycles. The highest BCUT2D eigenvalue weighted by atomic mass is 32.2. The second-order valence-corrected chi connectivity index (χ2v) is 11.6. The van der Waals surface area contributed by atoms with Crippen LogP contribution in [0.5, 0.6) is 17.5 Å². The summed E-state index contributed by atoms with van der Waals surface area (Å²) < 4.78 is 48.4. The predicted molar refractivity (Wildman–Crippen MR) is 146 cm³/mol. The number of sulfonamides is 1. The lowest BCUT2D eigenvalue weighted by Gasteiger charge is -2.29. The molecular formula is C26H30N4O8S2. The molecule has 0 saturated carbocycles. The molecule has 1 amide bonds. The number of anilines is 1. The van der Waals surface area contributed by atoms with Crippen LogP contribution in [0.1, 0.15) is 36.3 Å². The number of carbonyl (C=O) groups is 2. The first-order valence-corrected chi connectivity index (χ1v) is 14.9. The van der Waals surface area contributed by atoms with Gasteiger partial charge in [-0.3, -0.25) is 14.9 Å². The highest BCUT2D eigenvalue weighted by Gasteiger charge is 2.29. The molecule has 1 aliphatic heterocycles. The van der Waals surface area contributed by atoms with Crippen LogP contribution >= 0.6 is 11.3 Å². The van der Waals surface area contributed by atoms with E-state index < -0.39 is 21.9 Å². The molecule has 3 aromatic rings. The lowest BCUT2D eigenvalue weighted by molar-refractivity contribution is -0.142. The van der Waals surface area contributed by atoms with E-state index in [0.717, 1.165) is 6.42 Å². The minimum atomic E-state index is -3.53. The van der Waals surface area contributed by atoms with Crippen LogP contribution in [-0.2, 0) is 30.7 Å². The SMILES string of the molecule is CCOC(=O)Cc1csc(NC(=O)c2cc(Oc3ccc(S(=O)(=O)N4CCC4)cc3)nc(O[C@H](C)COC)c2)n1. The van der Waals surface area contributed by atoms with Gasteiger partial charge in [-0.1, -0.05) is 0 Å². The van der Waals surface area contributed by atoms with E-state index in [1.54, 1.807) is 26.3 Å². The molecule has 12 nitrogen and oxygen atoms in total. The Morgan fingerprint density at radius 3 is 2.50 bits per heavy atom. The van der Waals surface area contributed by atoms with Crippen molar-refractivity contribution in [1.29, 1.82) is 0 Å². The Kier molecular flexibility index (Phi) is 9.68. The minimum Gasteiger partial charge on any atom is -0.472 e. The molecule has 0 radical (unpaired) electrons. The number of hydrogen-bond acceptors (Lipinski definition) is 11. The van der Waals surface area contributed by atoms with Crippen LogP contribution in [0.4, 0.5) is 5.13 Å². The van der Waals surface area contributed by atoms with Gasteiger partial charge in [-0.05, 0) is 44.5 Å². The van der Waals surface area contributed by atoms with Gasteiger partial charge in [0.25, 0.3) is 5.91 Å². The van der Waals surface area contributed by atoms with E-state index in [1.807, 2.05) is 0 Å². The van der Waals surface area contributed by atoms with E-state index >= 15 is 0 Å². The molecule has 3 heterocycles. The van der Waals surface area contributed by atoms with Crippen molar-refractivity contribution in [3.8, 4) is 17.5 Å². The number of benzene rings is 1. The average molecular weight is 591 g/mol. The van der Waals surface area contributed by atoms with Crippen LogP contribution in [-0.4, -0.2) is 74.1 Å². The summed E-state index contributed by atoms with van der Waals surface area (Å²) in [5, 5.41) is 4.68. The number of nitrogens with zero attached hydrogens (tertiary/aromatic N) is 3. The summed E-state index contributed by atoms with van der Waals surface area (Å²) in [6, 6.07) is 8.87. The highest BCUT2D eigenvalue weighted by molar-refractivity contribution is 7.89. The zero-order chi connectivity index (χ0) is 28.7. The molecule has 2 aromatic heterocycles. The van der Waals surface area contributed by atoms with Gasteiger partial charge >= 0.3 is 5.97 Å². The van der Waals surface area contributed by atoms with Crippen molar-refractivity contribution in [2.75, 3.05) is 38.7 Å². The number of carbonyl (C=O) groups excluding carboxylic acids is 2. The monoisotopic (exact) mass is 590 g/mol. The summed E-state index contributed by atoms with van der Waals surface area (Å²) in [6.45, 7) is 5.10. The minimum absolute atomic E-state index is 0.000946. The number of amides is 1. The van der Waals surface area contributed by atoms with Crippen molar-refractivity contribution in [2.45, 2.75) is 37.7 Å². The first kappa shape index (κ1) is 29.4. The standard InChI is InChI=1S/C26H30N4O8S2/c1-4-36-24(31)14-19-16-39-26(27-19)29-25(32)18-12-22(37-17(2)15-35-3)28-23(13-18)38-20-6-8-21(9-7-20)40(33,34)30-10-5-11-30/h6-9,12-13,16-17H,4-5,10-11,14-15H2,1-3H3,(H,27,29,32)/t17-/m1/s1. The summed E-state index contributed by atoms with van der Waals surface area (Å²) in [7, 11) is -1.98. The van der Waals surface area contributed by atoms with Crippen molar-refractivity contribution in [1.82, 2.24) is 14.3 Å². The summed E-state index contributed by atoms with van der Waals surface area (Å²) >= 11 is 1.17. The van der Waals surface area contributed by atoms with Crippen molar-refractivity contribution < 1.29 is 37.0 Å². The van der Waals surface area contributed by atoms with Gasteiger partial charge in [0, 0.05) is 37.7 Å². The molecule has 0 unspecified atom stereocenters. The topological polar surface area (TPSA) is 146 Å². The van der Waals surface area contributed by atoms with E-state index in [0.29, 0.717) is 36.3 Å². The lowest BCUT2D eigenvalue weighted by atomic mass is 10.2. The number of pyridine rings is 1. The second kappa shape index (κ2) is 13.2. The third-order valence-electron chi connectivity index (χ3n) is 5.67. The molecule has 40 heavy (non-hydrogen) atoms. The van der Waals surface area contributed by atoms with Crippen molar-refractivity contribution >= 4 is 38.4 Å². The fourth-order valence-electron chi connectivity index (χ4n) is 3.65. The number of methoxy groups -OCH3 is 1. The number of hydrogen-bond donors (Lipinski definition) is 1. The van der Waals surface area contributed by atoms with Gasteiger partial charge in [0.15, 0.2) is 5.13 Å². The van der Waals surface area contributed by atoms with Gasteiger partial charge in [-0.15, -0.1) is 11.3 Å². The lowest BCUT2D eigenvalue weighted by Crippen LogP contribution is -2.41. The number of thiazole rings is 1. The Morgan fingerprint density at radius 1 is 1.12 bits per heavy atom. The van der Waals surface area contributed by atoms with E-state index in [4.69, 9.17) is 18.9 Å². The van der Waals surface area contributed by atoms with Crippen molar-refractivity contribution in [2.24, 2.45) is 0 Å². The number of aromatic nitrogens is 2. The molecule has 214 valence electrons. The molecule has 14 heteroatoms. The Labute approximate surface area is 236 Å². The van der Waals surface area contributed by atoms with Crippen LogP contribution in [0.25, 0.3) is 0 Å². The molecule has 1 fully saturated rings. The maximum atomic E-state index is 13.1. The van der Waals surface area contributed by atoms with Crippen LogP contribution in [0, 0.1) is 0 Å². The number of ether oxygens (including phenoxy) is 4. The third kappa shape index (κ3) is 7.53. The molecule has 0 bridgehead atoms. The van der Waals surface area contributed by atoms with Crippen LogP contribution in [0.2, 0.25) is 0 Å². The van der Waals surface area contributed by atoms with E-state index in [-0.39, 0.29) is 41.4 Å². The summed E-state index contributed by atoms with van der Waals surface area (Å²) in [6.07, 6.45) is 0.487. The van der Waals surface area contributed by atoms with E-state index in [9.17, 15) is 18.0 Å². The highest BCUT2D eigenvalue weighted by Crippen LogP contribution is 2.28. The zero-order valence-electron chi connectivity index (χ0n) is 22.3. The van der Waals surface area contributed by atoms with Gasteiger partial charge in [0.1, 0.15) is 11.9 Å². The number of rotatable bonds is 13. The molecule has 4 rings (SSSR count). The summed E-state index contributed by atoms with van der Waals surface area (Å²) in [5.74, 6) is -0.379. The second-order valence-electron chi connectivity index (χ2n) is 8.83. The van der Waals surface area contributed by atoms with Crippen molar-refractivity contribution in [3.63, 3.8) is 0 Å². The predicted octanol–water partition coefficient (Wildman–Crippen LogP) is 3.50. The number of esters is 1. The molecule has 1 atom stereocenters. The Morgan fingerprint density at radius 2 is 1.85 bits per heavy atom. The molecular weight excluding hydrogens is 560 g/mol. The van der Waals surface area contributed by atoms with Crippen LogP contribution < -0.4 is 14.8 Å². The summed E-state index contributed by atoms with van der Waals surface area (Å²) in [4.78, 5) is 33.6. The number of nitrogens with one attached hydrogen (secondary N) is 1. The Hall–Kier alpha value is -3.59. The summed E-state index contributed by atoms with van der Waals surface area (Å²) in [5.41, 5.74) is 0.665. The van der Waals surface area contributed by atoms with Gasteiger partial charge in [-0.2, -0.15) is 9.29 Å². The molecule has 1 N–H and O–H groups in total. The Balaban J connectivity index is 1.52. The first-order chi connectivity index (χ1) is 19.2. The zero-order valence-corrected chi connectivity index (χ0v) is 23.9. The largest absolute Gasteiger partial charge is 0.472 e. The maximum Gasteiger partial charge on any atom is 0.311 e. The van der Waals surface area contributed by atoms with Crippen LogP contribution in [0.3, 0.4) is 0 Å². The van der Waals surface area contributed by atoms with Gasteiger partial charge < -0.3 is 18.9 Å². The maximum absolute atomic E-state index is 13.1. The normalized spacial score (nSPS) is 14.2. The van der Waals surface area contributed by atoms with E-state index in [2.05, 4.69) is 15.3 Å². The fraction of sp³-hybridized carbons (Fsp3) is 0.385. The smallest absolute Gasteiger partial charge is 0.311 e. The van der Waals surface area contributed by atoms with E-state index in [1.165, 1.54) is 52.0 Å². The third-order valence-corrected chi connectivity index (χ3v) is 8.39. The Bertz CT molecular complexity index is 1440. The van der Waals surface area contributed by atoms with Gasteiger partial charge in [0.05, 0.1) is 35.8 Å². The average Bonchev–Trinajstić information content (AvgIpc) is 3.29. The van der Waals surface area contributed by atoms with Gasteiger partial charge in [0.2, 0.25) is 21.8 Å². The molecule has 1 aliphatic rings. The molecule has 1 aromatic carbocycles.